The molecule has 4 rings (SSSR count). The van der Waals surface area contributed by atoms with Crippen LogP contribution in [0.5, 0.6) is 0 Å². The normalized spacial score (nSPS) is 28.4. The monoisotopic (exact) mass is 460 g/mol. The number of nitrogens with one attached hydrogen (secondary N) is 2. The van der Waals surface area contributed by atoms with Crippen LogP contribution in [0.3, 0.4) is 0 Å². The first-order chi connectivity index (χ1) is 15.6. The summed E-state index contributed by atoms with van der Waals surface area (Å²) < 4.78 is 43.5. The van der Waals surface area contributed by atoms with Crippen molar-refractivity contribution < 1.29 is 18.0 Å². The summed E-state index contributed by atoms with van der Waals surface area (Å²) in [5, 5.41) is 15.1. The van der Waals surface area contributed by atoms with Crippen molar-refractivity contribution in [1.29, 1.82) is 5.26 Å². The molecule has 33 heavy (non-hydrogen) atoms. The molecule has 1 aromatic heterocycles. The lowest BCUT2D eigenvalue weighted by Gasteiger charge is -2.40. The van der Waals surface area contributed by atoms with Gasteiger partial charge in [-0.05, 0) is 43.9 Å². The Morgan fingerprint density at radius 1 is 1.33 bits per heavy atom. The van der Waals surface area contributed by atoms with Crippen molar-refractivity contribution in [2.24, 2.45) is 5.73 Å². The molecule has 0 bridgehead atoms. The molecule has 1 saturated carbocycles. The summed E-state index contributed by atoms with van der Waals surface area (Å²) in [7, 11) is 0. The molecule has 2 aliphatic heterocycles. The number of amides is 1. The number of dihydropyridines is 1. The zero-order chi connectivity index (χ0) is 23.9. The number of nitriles is 1. The number of nitrogens with zero attached hydrogens (tertiary/aromatic N) is 3. The highest BCUT2D eigenvalue weighted by Gasteiger charge is 2.61. The number of rotatable bonds is 4. The van der Waals surface area contributed by atoms with E-state index in [4.69, 9.17) is 5.73 Å². The van der Waals surface area contributed by atoms with Gasteiger partial charge < -0.3 is 21.3 Å². The lowest BCUT2D eigenvalue weighted by molar-refractivity contribution is -0.160. The van der Waals surface area contributed by atoms with Crippen LogP contribution in [0.2, 0.25) is 0 Å². The van der Waals surface area contributed by atoms with Gasteiger partial charge in [0.15, 0.2) is 0 Å². The number of hydrogen-bond donors (Lipinski definition) is 3. The van der Waals surface area contributed by atoms with Crippen molar-refractivity contribution in [2.75, 3.05) is 13.1 Å². The van der Waals surface area contributed by atoms with Crippen molar-refractivity contribution in [3.8, 4) is 6.07 Å². The van der Waals surface area contributed by atoms with Gasteiger partial charge in [-0.1, -0.05) is 12.8 Å². The zero-order valence-corrected chi connectivity index (χ0v) is 18.4. The first-order valence-corrected chi connectivity index (χ1v) is 11.0. The standard InChI is InChI=1S/C23H27F3N6O/c1-21(28)8-11-32(14-21)19-17(20(33)31-16-4-2-3-5-16)12-30-22(13-27,23(24,25)26)18(19)15-6-9-29-10-7-15/h6-7,9-10,12,16,30H,2-5,8,11,14,28H2,1H3,(H,31,33)/t21-,22?/m0/s1. The van der Waals surface area contributed by atoms with Crippen LogP contribution in [0.15, 0.2) is 42.0 Å². The van der Waals surface area contributed by atoms with Gasteiger partial charge in [-0.15, -0.1) is 0 Å². The molecule has 1 unspecified atom stereocenters. The van der Waals surface area contributed by atoms with E-state index in [2.05, 4.69) is 15.6 Å². The molecule has 0 radical (unpaired) electrons. The highest BCUT2D eigenvalue weighted by molar-refractivity contribution is 6.02. The molecule has 1 aromatic rings. The summed E-state index contributed by atoms with van der Waals surface area (Å²) in [5.74, 6) is -0.463. The molecular formula is C23H27F3N6O. The number of likely N-dealkylation sites (tertiary alicyclic amines) is 1. The number of aromatic nitrogens is 1. The summed E-state index contributed by atoms with van der Waals surface area (Å²) in [5.41, 5.74) is 2.64. The van der Waals surface area contributed by atoms with Crippen molar-refractivity contribution in [1.82, 2.24) is 20.5 Å². The van der Waals surface area contributed by atoms with Crippen LogP contribution in [0.4, 0.5) is 13.2 Å². The first kappa shape index (κ1) is 23.1. The van der Waals surface area contributed by atoms with Crippen LogP contribution in [-0.4, -0.2) is 52.2 Å². The molecule has 3 aliphatic rings. The minimum atomic E-state index is -4.96. The number of carbonyl (C=O) groups excluding carboxylic acids is 1. The van der Waals surface area contributed by atoms with Gasteiger partial charge in [-0.2, -0.15) is 18.4 Å². The third-order valence-corrected chi connectivity index (χ3v) is 6.62. The van der Waals surface area contributed by atoms with Crippen LogP contribution in [0, 0.1) is 11.3 Å². The Hall–Kier alpha value is -3.06. The van der Waals surface area contributed by atoms with Gasteiger partial charge in [0.2, 0.25) is 5.54 Å². The lowest BCUT2D eigenvalue weighted by atomic mass is 9.80. The van der Waals surface area contributed by atoms with Crippen molar-refractivity contribution >= 4 is 11.5 Å². The maximum atomic E-state index is 14.5. The van der Waals surface area contributed by atoms with Crippen molar-refractivity contribution in [3.63, 3.8) is 0 Å². The average molecular weight is 461 g/mol. The number of nitrogens with two attached hydrogens (primary N) is 1. The predicted octanol–water partition coefficient (Wildman–Crippen LogP) is 2.59. The quantitative estimate of drug-likeness (QED) is 0.638. The van der Waals surface area contributed by atoms with Crippen molar-refractivity contribution in [3.05, 3.63) is 47.6 Å². The SMILES string of the molecule is C[C@]1(N)CCN(C2=C(c3ccncc3)C(C#N)(C(F)(F)F)NC=C2C(=O)NC2CCCC2)C1. The van der Waals surface area contributed by atoms with Crippen molar-refractivity contribution in [2.45, 2.75) is 62.3 Å². The molecule has 0 spiro atoms. The fraction of sp³-hybridized carbons (Fsp3) is 0.522. The smallest absolute Gasteiger partial charge is 0.369 e. The fourth-order valence-electron chi connectivity index (χ4n) is 4.89. The Kier molecular flexibility index (Phi) is 5.86. The lowest BCUT2D eigenvalue weighted by Crippen LogP contribution is -2.58. The molecule has 4 N–H and O–H groups in total. The van der Waals surface area contributed by atoms with Gasteiger partial charge >= 0.3 is 6.18 Å². The number of hydrogen-bond acceptors (Lipinski definition) is 6. The third-order valence-electron chi connectivity index (χ3n) is 6.62. The summed E-state index contributed by atoms with van der Waals surface area (Å²) in [6.07, 6.45) is 3.01. The largest absolute Gasteiger partial charge is 0.429 e. The summed E-state index contributed by atoms with van der Waals surface area (Å²) in [6, 6.07) is 4.29. The fourth-order valence-corrected chi connectivity index (χ4v) is 4.89. The number of pyridine rings is 1. The molecule has 7 nitrogen and oxygen atoms in total. The highest BCUT2D eigenvalue weighted by atomic mass is 19.4. The Labute approximate surface area is 190 Å². The Morgan fingerprint density at radius 3 is 2.55 bits per heavy atom. The second kappa shape index (κ2) is 8.37. The van der Waals surface area contributed by atoms with E-state index in [-0.39, 0.29) is 35.0 Å². The number of halogens is 3. The average Bonchev–Trinajstić information content (AvgIpc) is 3.41. The summed E-state index contributed by atoms with van der Waals surface area (Å²) in [6.45, 7) is 2.44. The molecule has 1 saturated heterocycles. The Morgan fingerprint density at radius 2 is 2.00 bits per heavy atom. The van der Waals surface area contributed by atoms with E-state index in [1.54, 1.807) is 4.90 Å². The molecule has 1 aliphatic carbocycles. The van der Waals surface area contributed by atoms with Crippen LogP contribution in [-0.2, 0) is 4.79 Å². The zero-order valence-electron chi connectivity index (χ0n) is 18.4. The van der Waals surface area contributed by atoms with E-state index >= 15 is 0 Å². The molecule has 2 fully saturated rings. The van der Waals surface area contributed by atoms with Gasteiger partial charge in [0.1, 0.15) is 6.07 Å². The van der Waals surface area contributed by atoms with Gasteiger partial charge in [0, 0.05) is 48.8 Å². The van der Waals surface area contributed by atoms with Crippen LogP contribution in [0.25, 0.3) is 5.57 Å². The van der Waals surface area contributed by atoms with E-state index < -0.39 is 23.2 Å². The van der Waals surface area contributed by atoms with Gasteiger partial charge in [-0.3, -0.25) is 9.78 Å². The van der Waals surface area contributed by atoms with E-state index in [1.807, 2.05) is 6.92 Å². The minimum Gasteiger partial charge on any atom is -0.369 e. The van der Waals surface area contributed by atoms with Crippen LogP contribution < -0.4 is 16.4 Å². The number of alkyl halides is 3. The van der Waals surface area contributed by atoms with Gasteiger partial charge in [0.25, 0.3) is 5.91 Å². The van der Waals surface area contributed by atoms with Crippen LogP contribution >= 0.6 is 0 Å². The minimum absolute atomic E-state index is 0.0207. The molecule has 1 amide bonds. The molecule has 0 aromatic carbocycles. The van der Waals surface area contributed by atoms with Gasteiger partial charge in [0.05, 0.1) is 11.3 Å². The topological polar surface area (TPSA) is 107 Å². The summed E-state index contributed by atoms with van der Waals surface area (Å²) in [4.78, 5) is 18.9. The summed E-state index contributed by atoms with van der Waals surface area (Å²) >= 11 is 0. The molecule has 176 valence electrons. The second-order valence-corrected chi connectivity index (χ2v) is 9.30. The molecule has 2 atom stereocenters. The third kappa shape index (κ3) is 4.17. The second-order valence-electron chi connectivity index (χ2n) is 9.30. The van der Waals surface area contributed by atoms with E-state index in [9.17, 15) is 23.2 Å². The molecule has 10 heteroatoms. The Bertz CT molecular complexity index is 1020. The van der Waals surface area contributed by atoms with Crippen LogP contribution in [0.1, 0.15) is 44.6 Å². The van der Waals surface area contributed by atoms with E-state index in [1.165, 1.54) is 30.6 Å². The Balaban J connectivity index is 1.92. The van der Waals surface area contributed by atoms with E-state index in [0.29, 0.717) is 13.0 Å². The molecule has 3 heterocycles. The maximum Gasteiger partial charge on any atom is 0.429 e. The van der Waals surface area contributed by atoms with Gasteiger partial charge in [-0.25, -0.2) is 0 Å². The highest BCUT2D eigenvalue weighted by Crippen LogP contribution is 2.47. The first-order valence-electron chi connectivity index (χ1n) is 11.0. The predicted molar refractivity (Wildman–Crippen MR) is 116 cm³/mol. The molecular weight excluding hydrogens is 433 g/mol. The van der Waals surface area contributed by atoms with E-state index in [0.717, 1.165) is 31.9 Å². The number of carbonyl (C=O) groups is 1. The maximum absolute atomic E-state index is 14.5.